The molecule has 6 heteroatoms. The summed E-state index contributed by atoms with van der Waals surface area (Å²) in [4.78, 5) is 19.0. The molecule has 1 amide bonds. The Morgan fingerprint density at radius 2 is 1.77 bits per heavy atom. The van der Waals surface area contributed by atoms with E-state index in [-0.39, 0.29) is 5.91 Å². The Hall–Kier alpha value is -3.93. The minimum atomic E-state index is 0.0727. The Kier molecular flexibility index (Phi) is 5.19. The number of hydrogen-bond acceptors (Lipinski definition) is 4. The average Bonchev–Trinajstić information content (AvgIpc) is 3.22. The van der Waals surface area contributed by atoms with Crippen molar-refractivity contribution in [3.8, 4) is 17.0 Å². The second-order valence-corrected chi connectivity index (χ2v) is 7.55. The van der Waals surface area contributed by atoms with Crippen molar-refractivity contribution in [2.75, 3.05) is 0 Å². The van der Waals surface area contributed by atoms with Crippen LogP contribution in [-0.2, 0) is 30.9 Å². The van der Waals surface area contributed by atoms with Crippen LogP contribution in [0.2, 0.25) is 0 Å². The van der Waals surface area contributed by atoms with Gasteiger partial charge in [-0.05, 0) is 29.8 Å². The van der Waals surface area contributed by atoms with Crippen molar-refractivity contribution in [3.05, 3.63) is 102 Å². The van der Waals surface area contributed by atoms with Gasteiger partial charge in [-0.2, -0.15) is 5.10 Å². The number of nitrogens with one attached hydrogen (secondary N) is 1. The number of para-hydroxylation sites is 1. The van der Waals surface area contributed by atoms with Crippen LogP contribution in [0.5, 0.6) is 5.75 Å². The van der Waals surface area contributed by atoms with E-state index >= 15 is 0 Å². The fourth-order valence-corrected chi connectivity index (χ4v) is 3.84. The van der Waals surface area contributed by atoms with E-state index < -0.39 is 0 Å². The molecular weight excluding hydrogens is 388 g/mol. The summed E-state index contributed by atoms with van der Waals surface area (Å²) in [5.74, 6) is 0.826. The SMILES string of the molecule is O=C1Cc2c(-c3ccccc3OCc3ccccc3)n[nH]c2CN1Cc1ccccn1. The summed E-state index contributed by atoms with van der Waals surface area (Å²) in [5, 5.41) is 7.70. The molecule has 6 nitrogen and oxygen atoms in total. The highest BCUT2D eigenvalue weighted by Gasteiger charge is 2.29. The summed E-state index contributed by atoms with van der Waals surface area (Å²) in [6.07, 6.45) is 2.05. The third kappa shape index (κ3) is 4.05. The first-order valence-electron chi connectivity index (χ1n) is 10.3. The summed E-state index contributed by atoms with van der Waals surface area (Å²) < 4.78 is 6.11. The van der Waals surface area contributed by atoms with Gasteiger partial charge in [-0.25, -0.2) is 0 Å². The monoisotopic (exact) mass is 410 g/mol. The number of nitrogens with zero attached hydrogens (tertiary/aromatic N) is 3. The number of aromatic amines is 1. The zero-order valence-corrected chi connectivity index (χ0v) is 17.0. The molecule has 2 aromatic heterocycles. The Labute approximate surface area is 180 Å². The molecule has 0 saturated heterocycles. The lowest BCUT2D eigenvalue weighted by Crippen LogP contribution is -2.35. The van der Waals surface area contributed by atoms with Gasteiger partial charge in [0.15, 0.2) is 0 Å². The molecule has 0 atom stereocenters. The number of H-pyrrole nitrogens is 1. The molecule has 0 unspecified atom stereocenters. The highest BCUT2D eigenvalue weighted by molar-refractivity contribution is 5.84. The maximum atomic E-state index is 12.9. The van der Waals surface area contributed by atoms with E-state index in [2.05, 4.69) is 15.2 Å². The quantitative estimate of drug-likeness (QED) is 0.519. The maximum absolute atomic E-state index is 12.9. The predicted molar refractivity (Wildman–Crippen MR) is 117 cm³/mol. The molecule has 2 aromatic carbocycles. The van der Waals surface area contributed by atoms with Gasteiger partial charge in [0.2, 0.25) is 5.91 Å². The van der Waals surface area contributed by atoms with Gasteiger partial charge in [-0.1, -0.05) is 48.5 Å². The number of carbonyl (C=O) groups excluding carboxylic acids is 1. The summed E-state index contributed by atoms with van der Waals surface area (Å²) in [7, 11) is 0. The van der Waals surface area contributed by atoms with Crippen LogP contribution in [0.4, 0.5) is 0 Å². The first kappa shape index (κ1) is 19.1. The minimum absolute atomic E-state index is 0.0727. The van der Waals surface area contributed by atoms with Gasteiger partial charge in [-0.15, -0.1) is 0 Å². The molecule has 3 heterocycles. The predicted octanol–water partition coefficient (Wildman–Crippen LogP) is 4.14. The third-order valence-electron chi connectivity index (χ3n) is 5.44. The van der Waals surface area contributed by atoms with Gasteiger partial charge in [0.1, 0.15) is 12.4 Å². The van der Waals surface area contributed by atoms with E-state index in [4.69, 9.17) is 4.74 Å². The Morgan fingerprint density at radius 3 is 2.61 bits per heavy atom. The van der Waals surface area contributed by atoms with Crippen LogP contribution in [0.25, 0.3) is 11.3 Å². The van der Waals surface area contributed by atoms with Crippen LogP contribution >= 0.6 is 0 Å². The van der Waals surface area contributed by atoms with Crippen molar-refractivity contribution in [2.24, 2.45) is 0 Å². The third-order valence-corrected chi connectivity index (χ3v) is 5.44. The number of amides is 1. The minimum Gasteiger partial charge on any atom is -0.488 e. The smallest absolute Gasteiger partial charge is 0.227 e. The van der Waals surface area contributed by atoms with E-state index in [1.54, 1.807) is 6.20 Å². The molecule has 154 valence electrons. The van der Waals surface area contributed by atoms with Crippen molar-refractivity contribution < 1.29 is 9.53 Å². The van der Waals surface area contributed by atoms with Gasteiger partial charge in [0.25, 0.3) is 0 Å². The molecule has 31 heavy (non-hydrogen) atoms. The maximum Gasteiger partial charge on any atom is 0.227 e. The van der Waals surface area contributed by atoms with Crippen molar-refractivity contribution in [2.45, 2.75) is 26.1 Å². The van der Waals surface area contributed by atoms with E-state index in [0.29, 0.717) is 26.1 Å². The van der Waals surface area contributed by atoms with E-state index in [9.17, 15) is 4.79 Å². The van der Waals surface area contributed by atoms with Crippen molar-refractivity contribution in [1.29, 1.82) is 0 Å². The fourth-order valence-electron chi connectivity index (χ4n) is 3.84. The summed E-state index contributed by atoms with van der Waals surface area (Å²) in [6, 6.07) is 23.6. The van der Waals surface area contributed by atoms with Crippen LogP contribution in [0.15, 0.2) is 79.0 Å². The highest BCUT2D eigenvalue weighted by atomic mass is 16.5. The zero-order chi connectivity index (χ0) is 21.0. The topological polar surface area (TPSA) is 71.1 Å². The number of pyridine rings is 1. The Bertz CT molecular complexity index is 1190. The second kappa shape index (κ2) is 8.44. The normalized spacial score (nSPS) is 13.2. The molecule has 0 bridgehead atoms. The van der Waals surface area contributed by atoms with Crippen LogP contribution in [0.1, 0.15) is 22.5 Å². The molecule has 1 aliphatic heterocycles. The highest BCUT2D eigenvalue weighted by Crippen LogP contribution is 2.35. The van der Waals surface area contributed by atoms with E-state index in [1.165, 1.54) is 0 Å². The van der Waals surface area contributed by atoms with E-state index in [1.807, 2.05) is 77.7 Å². The lowest BCUT2D eigenvalue weighted by Gasteiger charge is -2.26. The Morgan fingerprint density at radius 1 is 0.968 bits per heavy atom. The van der Waals surface area contributed by atoms with Gasteiger partial charge < -0.3 is 9.64 Å². The van der Waals surface area contributed by atoms with Crippen molar-refractivity contribution in [1.82, 2.24) is 20.1 Å². The van der Waals surface area contributed by atoms with Crippen LogP contribution in [0, 0.1) is 0 Å². The van der Waals surface area contributed by atoms with Crippen molar-refractivity contribution >= 4 is 5.91 Å². The number of aromatic nitrogens is 3. The van der Waals surface area contributed by atoms with Gasteiger partial charge in [0, 0.05) is 17.3 Å². The summed E-state index contributed by atoms with van der Waals surface area (Å²) in [6.45, 7) is 1.45. The largest absolute Gasteiger partial charge is 0.488 e. The molecule has 5 rings (SSSR count). The first-order chi connectivity index (χ1) is 15.3. The molecule has 0 aliphatic carbocycles. The second-order valence-electron chi connectivity index (χ2n) is 7.55. The molecular formula is C25H22N4O2. The first-order valence-corrected chi connectivity index (χ1v) is 10.3. The molecule has 1 aliphatic rings. The Balaban J connectivity index is 1.38. The number of rotatable bonds is 6. The number of carbonyl (C=O) groups is 1. The molecule has 0 spiro atoms. The molecule has 1 N–H and O–H groups in total. The van der Waals surface area contributed by atoms with Gasteiger partial charge in [0.05, 0.1) is 36.6 Å². The van der Waals surface area contributed by atoms with Gasteiger partial charge in [-0.3, -0.25) is 14.9 Å². The lowest BCUT2D eigenvalue weighted by atomic mass is 9.99. The molecule has 0 radical (unpaired) electrons. The number of fused-ring (bicyclic) bond motifs is 1. The van der Waals surface area contributed by atoms with Gasteiger partial charge >= 0.3 is 0 Å². The van der Waals surface area contributed by atoms with Crippen LogP contribution < -0.4 is 4.74 Å². The number of ether oxygens (including phenoxy) is 1. The number of benzene rings is 2. The molecule has 0 saturated carbocycles. The standard InChI is InChI=1S/C25H22N4O2/c30-24-14-21-22(16-29(24)15-19-10-6-7-13-26-19)27-28-25(21)20-11-4-5-12-23(20)31-17-18-8-2-1-3-9-18/h1-13H,14-17H2,(H,27,28). The van der Waals surface area contributed by atoms with Crippen LogP contribution in [0.3, 0.4) is 0 Å². The van der Waals surface area contributed by atoms with Crippen molar-refractivity contribution in [3.63, 3.8) is 0 Å². The van der Waals surface area contributed by atoms with Crippen LogP contribution in [-0.4, -0.2) is 26.0 Å². The average molecular weight is 410 g/mol. The van der Waals surface area contributed by atoms with E-state index in [0.717, 1.165) is 39.5 Å². The lowest BCUT2D eigenvalue weighted by molar-refractivity contribution is -0.132. The molecule has 4 aromatic rings. The summed E-state index contributed by atoms with van der Waals surface area (Å²) in [5.41, 5.74) is 5.55. The fraction of sp³-hybridized carbons (Fsp3) is 0.160. The zero-order valence-electron chi connectivity index (χ0n) is 17.0. The number of hydrogen-bond donors (Lipinski definition) is 1. The molecule has 0 fully saturated rings. The summed E-state index contributed by atoms with van der Waals surface area (Å²) >= 11 is 0.